The van der Waals surface area contributed by atoms with Crippen LogP contribution in [0.3, 0.4) is 0 Å². The van der Waals surface area contributed by atoms with Crippen LogP contribution in [0.5, 0.6) is 17.2 Å². The van der Waals surface area contributed by atoms with Crippen LogP contribution in [0.2, 0.25) is 0 Å². The van der Waals surface area contributed by atoms with Gasteiger partial charge in [-0.1, -0.05) is 0 Å². The monoisotopic (exact) mass is 212 g/mol. The highest BCUT2D eigenvalue weighted by atomic mass is 19.1. The number of phenolic OH excluding ortho intramolecular Hbond substituents is 1. The second kappa shape index (κ2) is 3.76. The Labute approximate surface area is 85.2 Å². The summed E-state index contributed by atoms with van der Waals surface area (Å²) in [6.07, 6.45) is 1.14. The van der Waals surface area contributed by atoms with Gasteiger partial charge in [-0.05, 0) is 6.42 Å². The number of hydrogen-bond donors (Lipinski definition) is 1. The number of aldehydes is 1. The molecule has 0 saturated carbocycles. The normalized spacial score (nSPS) is 12.9. The summed E-state index contributed by atoms with van der Waals surface area (Å²) >= 11 is 0. The summed E-state index contributed by atoms with van der Waals surface area (Å²) in [6, 6.07) is 1.07. The molecule has 0 aromatic heterocycles. The molecule has 80 valence electrons. The van der Waals surface area contributed by atoms with Gasteiger partial charge in [0.1, 0.15) is 6.29 Å². The molecule has 15 heavy (non-hydrogen) atoms. The standard InChI is InChI=1S/C10H9FO4/c11-7-4-8-10(15-5-14-8)6(9(7)13)2-1-3-12/h3-4,13H,1-2,5H2. The highest BCUT2D eigenvalue weighted by molar-refractivity contribution is 5.58. The van der Waals surface area contributed by atoms with Crippen LogP contribution in [0.1, 0.15) is 12.0 Å². The number of phenols is 1. The Morgan fingerprint density at radius 3 is 3.07 bits per heavy atom. The summed E-state index contributed by atoms with van der Waals surface area (Å²) in [7, 11) is 0. The Kier molecular flexibility index (Phi) is 2.45. The molecule has 0 amide bonds. The van der Waals surface area contributed by atoms with Gasteiger partial charge in [-0.25, -0.2) is 4.39 Å². The molecule has 0 fully saturated rings. The minimum absolute atomic E-state index is 0.00627. The molecular formula is C10H9FO4. The molecule has 0 unspecified atom stereocenters. The molecule has 4 nitrogen and oxygen atoms in total. The fourth-order valence-electron chi connectivity index (χ4n) is 1.50. The molecule has 1 heterocycles. The van der Waals surface area contributed by atoms with E-state index in [0.717, 1.165) is 6.07 Å². The van der Waals surface area contributed by atoms with Crippen molar-refractivity contribution in [1.29, 1.82) is 0 Å². The Hall–Kier alpha value is -1.78. The van der Waals surface area contributed by atoms with Gasteiger partial charge in [-0.15, -0.1) is 0 Å². The smallest absolute Gasteiger partial charge is 0.231 e. The number of carbonyl (C=O) groups is 1. The number of ether oxygens (including phenoxy) is 2. The highest BCUT2D eigenvalue weighted by Crippen LogP contribution is 2.42. The third kappa shape index (κ3) is 1.60. The molecule has 1 aliphatic heterocycles. The Bertz CT molecular complexity index is 403. The van der Waals surface area contributed by atoms with Crippen molar-refractivity contribution < 1.29 is 23.8 Å². The maximum atomic E-state index is 13.2. The van der Waals surface area contributed by atoms with Crippen molar-refractivity contribution >= 4 is 6.29 Å². The van der Waals surface area contributed by atoms with Gasteiger partial charge < -0.3 is 19.4 Å². The maximum Gasteiger partial charge on any atom is 0.231 e. The van der Waals surface area contributed by atoms with Gasteiger partial charge in [0.25, 0.3) is 0 Å². The van der Waals surface area contributed by atoms with Gasteiger partial charge in [-0.2, -0.15) is 0 Å². The van der Waals surface area contributed by atoms with E-state index in [2.05, 4.69) is 0 Å². The van der Waals surface area contributed by atoms with Crippen LogP contribution in [0.4, 0.5) is 4.39 Å². The molecule has 0 aliphatic carbocycles. The number of benzene rings is 1. The van der Waals surface area contributed by atoms with Crippen LogP contribution in [0, 0.1) is 5.82 Å². The molecular weight excluding hydrogens is 203 g/mol. The van der Waals surface area contributed by atoms with Crippen molar-refractivity contribution in [3.05, 3.63) is 17.4 Å². The van der Waals surface area contributed by atoms with Gasteiger partial charge in [0.05, 0.1) is 0 Å². The van der Waals surface area contributed by atoms with E-state index in [1.165, 1.54) is 0 Å². The van der Waals surface area contributed by atoms with Gasteiger partial charge >= 0.3 is 0 Å². The predicted octanol–water partition coefficient (Wildman–Crippen LogP) is 1.39. The van der Waals surface area contributed by atoms with E-state index < -0.39 is 11.6 Å². The summed E-state index contributed by atoms with van der Waals surface area (Å²) in [5.74, 6) is -0.636. The zero-order chi connectivity index (χ0) is 10.8. The SMILES string of the molecule is O=CCCc1c(O)c(F)cc2c1OCO2. The van der Waals surface area contributed by atoms with Crippen molar-refractivity contribution in [3.63, 3.8) is 0 Å². The topological polar surface area (TPSA) is 55.8 Å². The lowest BCUT2D eigenvalue weighted by Crippen LogP contribution is -1.95. The average molecular weight is 212 g/mol. The van der Waals surface area contributed by atoms with Crippen LogP contribution in [0.15, 0.2) is 6.07 Å². The summed E-state index contributed by atoms with van der Waals surface area (Å²) < 4.78 is 23.3. The highest BCUT2D eigenvalue weighted by Gasteiger charge is 2.23. The van der Waals surface area contributed by atoms with E-state index in [-0.39, 0.29) is 30.9 Å². The van der Waals surface area contributed by atoms with Crippen LogP contribution in [-0.2, 0) is 11.2 Å². The van der Waals surface area contributed by atoms with Crippen LogP contribution in [0.25, 0.3) is 0 Å². The van der Waals surface area contributed by atoms with Gasteiger partial charge in [0.15, 0.2) is 23.1 Å². The summed E-state index contributed by atoms with van der Waals surface area (Å²) in [6.45, 7) is 0.00627. The number of carbonyl (C=O) groups excluding carboxylic acids is 1. The Morgan fingerprint density at radius 2 is 2.33 bits per heavy atom. The van der Waals surface area contributed by atoms with Crippen molar-refractivity contribution in [3.8, 4) is 17.2 Å². The summed E-state index contributed by atoms with van der Waals surface area (Å²) in [5, 5.41) is 9.46. The second-order valence-corrected chi connectivity index (χ2v) is 3.12. The first-order chi connectivity index (χ1) is 7.24. The number of rotatable bonds is 3. The van der Waals surface area contributed by atoms with E-state index in [1.54, 1.807) is 0 Å². The number of halogens is 1. The molecule has 1 N–H and O–H groups in total. The lowest BCUT2D eigenvalue weighted by molar-refractivity contribution is -0.107. The molecule has 1 aromatic rings. The number of hydrogen-bond acceptors (Lipinski definition) is 4. The van der Waals surface area contributed by atoms with Gasteiger partial charge in [-0.3, -0.25) is 0 Å². The van der Waals surface area contributed by atoms with Crippen molar-refractivity contribution in [1.82, 2.24) is 0 Å². The van der Waals surface area contributed by atoms with Gasteiger partial charge in [0, 0.05) is 18.1 Å². The minimum Gasteiger partial charge on any atom is -0.505 e. The van der Waals surface area contributed by atoms with E-state index in [0.29, 0.717) is 12.0 Å². The Balaban J connectivity index is 2.45. The van der Waals surface area contributed by atoms with E-state index in [1.807, 2.05) is 0 Å². The second-order valence-electron chi connectivity index (χ2n) is 3.12. The largest absolute Gasteiger partial charge is 0.505 e. The van der Waals surface area contributed by atoms with Crippen LogP contribution >= 0.6 is 0 Å². The van der Waals surface area contributed by atoms with E-state index in [9.17, 15) is 14.3 Å². The van der Waals surface area contributed by atoms with Crippen LogP contribution < -0.4 is 9.47 Å². The number of aromatic hydroxyl groups is 1. The Morgan fingerprint density at radius 1 is 1.53 bits per heavy atom. The number of fused-ring (bicyclic) bond motifs is 1. The van der Waals surface area contributed by atoms with Gasteiger partial charge in [0.2, 0.25) is 6.79 Å². The summed E-state index contributed by atoms with van der Waals surface area (Å²) in [4.78, 5) is 10.2. The third-order valence-corrected chi connectivity index (χ3v) is 2.20. The molecule has 0 radical (unpaired) electrons. The van der Waals surface area contributed by atoms with Crippen molar-refractivity contribution in [2.24, 2.45) is 0 Å². The maximum absolute atomic E-state index is 13.2. The predicted molar refractivity (Wildman–Crippen MR) is 48.6 cm³/mol. The molecule has 1 aliphatic rings. The van der Waals surface area contributed by atoms with Crippen molar-refractivity contribution in [2.75, 3.05) is 6.79 Å². The third-order valence-electron chi connectivity index (χ3n) is 2.20. The lowest BCUT2D eigenvalue weighted by atomic mass is 10.1. The van der Waals surface area contributed by atoms with Crippen molar-refractivity contribution in [2.45, 2.75) is 12.8 Å². The minimum atomic E-state index is -0.764. The lowest BCUT2D eigenvalue weighted by Gasteiger charge is -2.07. The average Bonchev–Trinajstić information content (AvgIpc) is 2.66. The molecule has 2 rings (SSSR count). The zero-order valence-corrected chi connectivity index (χ0v) is 7.83. The molecule has 0 spiro atoms. The molecule has 0 atom stereocenters. The summed E-state index contributed by atoms with van der Waals surface area (Å²) in [5.41, 5.74) is 0.287. The first-order valence-corrected chi connectivity index (χ1v) is 4.47. The molecule has 1 aromatic carbocycles. The fourth-order valence-corrected chi connectivity index (χ4v) is 1.50. The quantitative estimate of drug-likeness (QED) is 0.769. The fraction of sp³-hybridized carbons (Fsp3) is 0.300. The first kappa shape index (κ1) is 9.76. The molecule has 5 heteroatoms. The van der Waals surface area contributed by atoms with E-state index in [4.69, 9.17) is 9.47 Å². The zero-order valence-electron chi connectivity index (χ0n) is 7.83. The van der Waals surface area contributed by atoms with E-state index >= 15 is 0 Å². The first-order valence-electron chi connectivity index (χ1n) is 4.47. The molecule has 0 bridgehead atoms. The molecule has 0 saturated heterocycles. The van der Waals surface area contributed by atoms with Crippen LogP contribution in [-0.4, -0.2) is 18.2 Å².